The van der Waals surface area contributed by atoms with Gasteiger partial charge in [-0.3, -0.25) is 0 Å². The minimum atomic E-state index is -1.69. The zero-order valence-corrected chi connectivity index (χ0v) is 13.7. The third kappa shape index (κ3) is 4.28. The quantitative estimate of drug-likeness (QED) is 0.240. The van der Waals surface area contributed by atoms with E-state index in [1.54, 1.807) is 6.92 Å². The molecule has 11 nitrogen and oxygen atoms in total. The summed E-state index contributed by atoms with van der Waals surface area (Å²) in [5.41, 5.74) is 0. The summed E-state index contributed by atoms with van der Waals surface area (Å²) in [6.07, 6.45) is -14.3. The normalized spacial score (nSPS) is 48.5. The van der Waals surface area contributed by atoms with Crippen LogP contribution in [0.3, 0.4) is 0 Å². The number of ether oxygens (including phenoxy) is 4. The molecule has 25 heavy (non-hydrogen) atoms. The lowest BCUT2D eigenvalue weighted by atomic mass is 9.97. The van der Waals surface area contributed by atoms with Gasteiger partial charge in [0.1, 0.15) is 48.8 Å². The van der Waals surface area contributed by atoms with Crippen molar-refractivity contribution < 1.29 is 54.7 Å². The van der Waals surface area contributed by atoms with E-state index < -0.39 is 74.6 Å². The van der Waals surface area contributed by atoms with E-state index in [2.05, 4.69) is 0 Å². The Morgan fingerprint density at radius 2 is 1.28 bits per heavy atom. The van der Waals surface area contributed by atoms with Gasteiger partial charge in [-0.2, -0.15) is 0 Å². The molecule has 2 saturated heterocycles. The minimum Gasteiger partial charge on any atom is -0.394 e. The molecule has 2 fully saturated rings. The molecule has 0 spiro atoms. The SMILES string of the molecule is CCOC1OC(CO)C(OC2OC(CO)C(O)C(O)C2O)C(O)C1O. The van der Waals surface area contributed by atoms with Crippen LogP contribution in [0.4, 0.5) is 0 Å². The summed E-state index contributed by atoms with van der Waals surface area (Å²) in [6, 6.07) is 0. The Labute approximate surface area is 143 Å². The fraction of sp³-hybridized carbons (Fsp3) is 1.00. The van der Waals surface area contributed by atoms with Crippen molar-refractivity contribution in [3.8, 4) is 0 Å². The van der Waals surface area contributed by atoms with E-state index in [0.717, 1.165) is 0 Å². The van der Waals surface area contributed by atoms with E-state index in [9.17, 15) is 35.7 Å². The lowest BCUT2D eigenvalue weighted by molar-refractivity contribution is -0.359. The van der Waals surface area contributed by atoms with Crippen molar-refractivity contribution in [3.05, 3.63) is 0 Å². The van der Waals surface area contributed by atoms with Crippen LogP contribution in [0.15, 0.2) is 0 Å². The molecule has 11 heteroatoms. The summed E-state index contributed by atoms with van der Waals surface area (Å²) in [7, 11) is 0. The molecule has 2 aliphatic heterocycles. The zero-order valence-electron chi connectivity index (χ0n) is 13.7. The second kappa shape index (κ2) is 8.97. The third-order valence-corrected chi connectivity index (χ3v) is 4.29. The molecule has 0 amide bonds. The first kappa shape index (κ1) is 20.9. The van der Waals surface area contributed by atoms with Crippen LogP contribution in [0, 0.1) is 0 Å². The number of hydrogen-bond acceptors (Lipinski definition) is 11. The standard InChI is InChI=1S/C14H26O11/c1-2-22-13-11(21)9(19)12(6(4-16)24-13)25-14-10(20)8(18)7(17)5(3-15)23-14/h5-21H,2-4H2,1H3. The van der Waals surface area contributed by atoms with E-state index >= 15 is 0 Å². The van der Waals surface area contributed by atoms with Crippen LogP contribution < -0.4 is 0 Å². The molecular formula is C14H26O11. The van der Waals surface area contributed by atoms with E-state index in [4.69, 9.17) is 18.9 Å². The van der Waals surface area contributed by atoms with E-state index in [1.807, 2.05) is 0 Å². The molecule has 2 rings (SSSR count). The number of aliphatic hydroxyl groups is 7. The molecule has 148 valence electrons. The van der Waals surface area contributed by atoms with Gasteiger partial charge in [-0.25, -0.2) is 0 Å². The number of rotatable bonds is 6. The highest BCUT2D eigenvalue weighted by molar-refractivity contribution is 4.93. The molecule has 0 aromatic rings. The average Bonchev–Trinajstić information content (AvgIpc) is 2.61. The molecule has 0 radical (unpaired) electrons. The van der Waals surface area contributed by atoms with Gasteiger partial charge < -0.3 is 54.7 Å². The number of aliphatic hydroxyl groups excluding tert-OH is 7. The molecule has 0 aromatic heterocycles. The first-order valence-corrected chi connectivity index (χ1v) is 8.05. The maximum atomic E-state index is 10.2. The smallest absolute Gasteiger partial charge is 0.187 e. The van der Waals surface area contributed by atoms with Crippen molar-refractivity contribution >= 4 is 0 Å². The highest BCUT2D eigenvalue weighted by Gasteiger charge is 2.50. The average molecular weight is 370 g/mol. The largest absolute Gasteiger partial charge is 0.394 e. The van der Waals surface area contributed by atoms with Crippen molar-refractivity contribution in [3.63, 3.8) is 0 Å². The van der Waals surface area contributed by atoms with Crippen LogP contribution >= 0.6 is 0 Å². The molecule has 0 bridgehead atoms. The lowest BCUT2D eigenvalue weighted by Crippen LogP contribution is -2.64. The van der Waals surface area contributed by atoms with Crippen LogP contribution in [0.25, 0.3) is 0 Å². The second-order valence-corrected chi connectivity index (χ2v) is 5.96. The van der Waals surface area contributed by atoms with Gasteiger partial charge in [0.2, 0.25) is 0 Å². The Kier molecular flexibility index (Phi) is 7.49. The van der Waals surface area contributed by atoms with Gasteiger partial charge in [0.25, 0.3) is 0 Å². The summed E-state index contributed by atoms with van der Waals surface area (Å²) >= 11 is 0. The van der Waals surface area contributed by atoms with Crippen molar-refractivity contribution in [2.45, 2.75) is 68.3 Å². The first-order chi connectivity index (χ1) is 11.8. The summed E-state index contributed by atoms with van der Waals surface area (Å²) in [5.74, 6) is 0. The van der Waals surface area contributed by atoms with Gasteiger partial charge in [-0.05, 0) is 6.92 Å². The molecule has 10 unspecified atom stereocenters. The molecular weight excluding hydrogens is 344 g/mol. The Hall–Kier alpha value is -0.440. The first-order valence-electron chi connectivity index (χ1n) is 8.05. The van der Waals surface area contributed by atoms with Crippen molar-refractivity contribution in [1.29, 1.82) is 0 Å². The van der Waals surface area contributed by atoms with Gasteiger partial charge in [0.05, 0.1) is 13.2 Å². The van der Waals surface area contributed by atoms with Crippen LogP contribution in [0.2, 0.25) is 0 Å². The fourth-order valence-electron chi connectivity index (χ4n) is 2.86. The van der Waals surface area contributed by atoms with Crippen molar-refractivity contribution in [2.75, 3.05) is 19.8 Å². The molecule has 10 atom stereocenters. The molecule has 0 aromatic carbocycles. The highest BCUT2D eigenvalue weighted by Crippen LogP contribution is 2.29. The van der Waals surface area contributed by atoms with E-state index in [0.29, 0.717) is 0 Å². The van der Waals surface area contributed by atoms with Gasteiger partial charge in [-0.1, -0.05) is 0 Å². The van der Waals surface area contributed by atoms with Gasteiger partial charge in [-0.15, -0.1) is 0 Å². The minimum absolute atomic E-state index is 0.199. The summed E-state index contributed by atoms with van der Waals surface area (Å²) in [5, 5.41) is 68.4. The molecule has 0 saturated carbocycles. The summed E-state index contributed by atoms with van der Waals surface area (Å²) in [4.78, 5) is 0. The molecule has 2 heterocycles. The Bertz CT molecular complexity index is 406. The summed E-state index contributed by atoms with van der Waals surface area (Å²) < 4.78 is 21.1. The van der Waals surface area contributed by atoms with Crippen molar-refractivity contribution in [1.82, 2.24) is 0 Å². The van der Waals surface area contributed by atoms with Gasteiger partial charge in [0.15, 0.2) is 12.6 Å². The van der Waals surface area contributed by atoms with Crippen LogP contribution in [-0.2, 0) is 18.9 Å². The summed E-state index contributed by atoms with van der Waals surface area (Å²) in [6.45, 7) is 0.625. The topological polar surface area (TPSA) is 179 Å². The van der Waals surface area contributed by atoms with Gasteiger partial charge >= 0.3 is 0 Å². The van der Waals surface area contributed by atoms with Crippen LogP contribution in [0.1, 0.15) is 6.92 Å². The Balaban J connectivity index is 2.11. The van der Waals surface area contributed by atoms with Crippen molar-refractivity contribution in [2.24, 2.45) is 0 Å². The maximum Gasteiger partial charge on any atom is 0.187 e. The Morgan fingerprint density at radius 1 is 0.720 bits per heavy atom. The molecule has 2 aliphatic rings. The molecule has 7 N–H and O–H groups in total. The van der Waals surface area contributed by atoms with Gasteiger partial charge in [0, 0.05) is 6.61 Å². The predicted octanol–water partition coefficient (Wildman–Crippen LogP) is -4.35. The van der Waals surface area contributed by atoms with E-state index in [1.165, 1.54) is 0 Å². The fourth-order valence-corrected chi connectivity index (χ4v) is 2.86. The zero-order chi connectivity index (χ0) is 18.7. The predicted molar refractivity (Wildman–Crippen MR) is 78.0 cm³/mol. The monoisotopic (exact) mass is 370 g/mol. The second-order valence-electron chi connectivity index (χ2n) is 5.96. The third-order valence-electron chi connectivity index (χ3n) is 4.29. The number of hydrogen-bond donors (Lipinski definition) is 7. The van der Waals surface area contributed by atoms with Crippen LogP contribution in [-0.4, -0.2) is 117 Å². The maximum absolute atomic E-state index is 10.2. The van der Waals surface area contributed by atoms with E-state index in [-0.39, 0.29) is 6.61 Å². The Morgan fingerprint density at radius 3 is 1.84 bits per heavy atom. The lowest BCUT2D eigenvalue weighted by Gasteiger charge is -2.45. The van der Waals surface area contributed by atoms with Crippen LogP contribution in [0.5, 0.6) is 0 Å². The highest BCUT2D eigenvalue weighted by atomic mass is 16.7. The molecule has 0 aliphatic carbocycles.